The number of benzene rings is 1. The zero-order valence-corrected chi connectivity index (χ0v) is 10.9. The fourth-order valence-corrected chi connectivity index (χ4v) is 1.83. The molecule has 0 bridgehead atoms. The lowest BCUT2D eigenvalue weighted by atomic mass is 10.1. The SMILES string of the molecule is Cc1ccc(CC(O)CNC(C)C)c(Cl)c1. The summed E-state index contributed by atoms with van der Waals surface area (Å²) in [5.41, 5.74) is 2.15. The predicted octanol–water partition coefficient (Wildman–Crippen LogP) is 2.55. The van der Waals surface area contributed by atoms with Gasteiger partial charge in [-0.15, -0.1) is 0 Å². The monoisotopic (exact) mass is 241 g/mol. The van der Waals surface area contributed by atoms with Gasteiger partial charge in [0.05, 0.1) is 6.10 Å². The first-order chi connectivity index (χ1) is 7.49. The van der Waals surface area contributed by atoms with Gasteiger partial charge in [0.1, 0.15) is 0 Å². The van der Waals surface area contributed by atoms with Crippen LogP contribution >= 0.6 is 11.6 Å². The van der Waals surface area contributed by atoms with Crippen LogP contribution in [0.5, 0.6) is 0 Å². The standard InChI is InChI=1S/C13H20ClNO/c1-9(2)15-8-12(16)7-11-5-4-10(3)6-13(11)14/h4-6,9,12,15-16H,7-8H2,1-3H3. The quantitative estimate of drug-likeness (QED) is 0.831. The summed E-state index contributed by atoms with van der Waals surface area (Å²) < 4.78 is 0. The smallest absolute Gasteiger partial charge is 0.0705 e. The number of aryl methyl sites for hydroxylation is 1. The van der Waals surface area contributed by atoms with Crippen LogP contribution in [-0.4, -0.2) is 23.8 Å². The molecule has 16 heavy (non-hydrogen) atoms. The highest BCUT2D eigenvalue weighted by Crippen LogP contribution is 2.18. The van der Waals surface area contributed by atoms with Gasteiger partial charge < -0.3 is 10.4 Å². The van der Waals surface area contributed by atoms with Gasteiger partial charge >= 0.3 is 0 Å². The number of nitrogens with one attached hydrogen (secondary N) is 1. The average Bonchev–Trinajstić information content (AvgIpc) is 2.19. The van der Waals surface area contributed by atoms with E-state index in [0.717, 1.165) is 16.1 Å². The molecule has 1 rings (SSSR count). The van der Waals surface area contributed by atoms with Crippen molar-refractivity contribution in [2.24, 2.45) is 0 Å². The number of hydrogen-bond donors (Lipinski definition) is 2. The first-order valence-corrected chi connectivity index (χ1v) is 6.03. The van der Waals surface area contributed by atoms with Crippen LogP contribution in [0.25, 0.3) is 0 Å². The highest BCUT2D eigenvalue weighted by atomic mass is 35.5. The summed E-state index contributed by atoms with van der Waals surface area (Å²) in [6, 6.07) is 6.32. The van der Waals surface area contributed by atoms with E-state index in [-0.39, 0.29) is 6.10 Å². The maximum Gasteiger partial charge on any atom is 0.0705 e. The largest absolute Gasteiger partial charge is 0.391 e. The molecular weight excluding hydrogens is 222 g/mol. The third-order valence-corrected chi connectivity index (χ3v) is 2.78. The van der Waals surface area contributed by atoms with Gasteiger partial charge in [0.25, 0.3) is 0 Å². The van der Waals surface area contributed by atoms with Crippen molar-refractivity contribution in [1.29, 1.82) is 0 Å². The number of rotatable bonds is 5. The maximum absolute atomic E-state index is 9.82. The number of halogens is 1. The van der Waals surface area contributed by atoms with Crippen LogP contribution in [0.2, 0.25) is 5.02 Å². The third kappa shape index (κ3) is 4.52. The van der Waals surface area contributed by atoms with Crippen LogP contribution in [0.4, 0.5) is 0 Å². The van der Waals surface area contributed by atoms with Crippen LogP contribution in [-0.2, 0) is 6.42 Å². The third-order valence-electron chi connectivity index (χ3n) is 2.43. The van der Waals surface area contributed by atoms with E-state index in [4.69, 9.17) is 11.6 Å². The molecule has 90 valence electrons. The Morgan fingerprint density at radius 2 is 2.06 bits per heavy atom. The van der Waals surface area contributed by atoms with E-state index in [1.54, 1.807) is 0 Å². The van der Waals surface area contributed by atoms with Crippen molar-refractivity contribution in [3.63, 3.8) is 0 Å². The minimum absolute atomic E-state index is 0.386. The maximum atomic E-state index is 9.82. The normalized spacial score (nSPS) is 13.1. The van der Waals surface area contributed by atoms with Crippen LogP contribution in [0, 0.1) is 6.92 Å². The Hall–Kier alpha value is -0.570. The van der Waals surface area contributed by atoms with Crippen molar-refractivity contribution in [3.8, 4) is 0 Å². The van der Waals surface area contributed by atoms with Crippen molar-refractivity contribution < 1.29 is 5.11 Å². The summed E-state index contributed by atoms with van der Waals surface area (Å²) in [6.45, 7) is 6.73. The second-order valence-electron chi connectivity index (χ2n) is 4.52. The zero-order valence-electron chi connectivity index (χ0n) is 10.1. The van der Waals surface area contributed by atoms with Gasteiger partial charge in [-0.1, -0.05) is 37.6 Å². The Morgan fingerprint density at radius 1 is 1.38 bits per heavy atom. The fraction of sp³-hybridized carbons (Fsp3) is 0.538. The van der Waals surface area contributed by atoms with E-state index in [1.165, 1.54) is 0 Å². The van der Waals surface area contributed by atoms with E-state index in [0.29, 0.717) is 19.0 Å². The Bertz CT molecular complexity index is 339. The van der Waals surface area contributed by atoms with E-state index in [2.05, 4.69) is 19.2 Å². The van der Waals surface area contributed by atoms with Crippen molar-refractivity contribution >= 4 is 11.6 Å². The summed E-state index contributed by atoms with van der Waals surface area (Å²) in [6.07, 6.45) is 0.210. The lowest BCUT2D eigenvalue weighted by molar-refractivity contribution is 0.169. The van der Waals surface area contributed by atoms with Gasteiger partial charge in [0.2, 0.25) is 0 Å². The molecule has 3 heteroatoms. The zero-order chi connectivity index (χ0) is 12.1. The number of aliphatic hydroxyl groups excluding tert-OH is 1. The van der Waals surface area contributed by atoms with Crippen molar-refractivity contribution in [1.82, 2.24) is 5.32 Å². The number of aliphatic hydroxyl groups is 1. The summed E-state index contributed by atoms with van der Waals surface area (Å²) in [4.78, 5) is 0. The topological polar surface area (TPSA) is 32.3 Å². The number of hydrogen-bond acceptors (Lipinski definition) is 2. The van der Waals surface area contributed by atoms with Crippen molar-refractivity contribution in [2.45, 2.75) is 39.3 Å². The van der Waals surface area contributed by atoms with Crippen LogP contribution < -0.4 is 5.32 Å². The molecule has 1 unspecified atom stereocenters. The van der Waals surface area contributed by atoms with Crippen LogP contribution in [0.3, 0.4) is 0 Å². The molecule has 0 saturated heterocycles. The van der Waals surface area contributed by atoms with E-state index < -0.39 is 0 Å². The minimum Gasteiger partial charge on any atom is -0.391 e. The minimum atomic E-state index is -0.386. The fourth-order valence-electron chi connectivity index (χ4n) is 1.52. The van der Waals surface area contributed by atoms with E-state index >= 15 is 0 Å². The van der Waals surface area contributed by atoms with Gasteiger partial charge in [-0.05, 0) is 24.1 Å². The molecule has 0 radical (unpaired) electrons. The lowest BCUT2D eigenvalue weighted by Crippen LogP contribution is -2.33. The van der Waals surface area contributed by atoms with Gasteiger partial charge in [-0.25, -0.2) is 0 Å². The highest BCUT2D eigenvalue weighted by molar-refractivity contribution is 6.31. The molecule has 0 saturated carbocycles. The summed E-state index contributed by atoms with van der Waals surface area (Å²) >= 11 is 6.10. The van der Waals surface area contributed by atoms with Crippen LogP contribution in [0.1, 0.15) is 25.0 Å². The van der Waals surface area contributed by atoms with Crippen molar-refractivity contribution in [3.05, 3.63) is 34.3 Å². The molecule has 0 spiro atoms. The molecule has 1 aromatic rings. The first-order valence-electron chi connectivity index (χ1n) is 5.65. The Balaban J connectivity index is 2.52. The molecule has 2 N–H and O–H groups in total. The molecule has 2 nitrogen and oxygen atoms in total. The van der Waals surface area contributed by atoms with E-state index in [1.807, 2.05) is 25.1 Å². The molecule has 0 aliphatic carbocycles. The molecule has 0 aromatic heterocycles. The second-order valence-corrected chi connectivity index (χ2v) is 4.92. The van der Waals surface area contributed by atoms with Crippen LogP contribution in [0.15, 0.2) is 18.2 Å². The molecular formula is C13H20ClNO. The highest BCUT2D eigenvalue weighted by Gasteiger charge is 2.08. The van der Waals surface area contributed by atoms with Gasteiger partial charge in [-0.2, -0.15) is 0 Å². The van der Waals surface area contributed by atoms with E-state index in [9.17, 15) is 5.11 Å². The Labute approximate surface area is 103 Å². The van der Waals surface area contributed by atoms with Gasteiger partial charge in [0, 0.05) is 24.0 Å². The summed E-state index contributed by atoms with van der Waals surface area (Å²) in [5, 5.41) is 13.8. The average molecular weight is 242 g/mol. The molecule has 1 atom stereocenters. The molecule has 0 aliphatic rings. The molecule has 1 aromatic carbocycles. The summed E-state index contributed by atoms with van der Waals surface area (Å²) in [5.74, 6) is 0. The Kier molecular flexibility index (Phi) is 5.26. The molecule has 0 amide bonds. The lowest BCUT2D eigenvalue weighted by Gasteiger charge is -2.15. The molecule has 0 fully saturated rings. The second kappa shape index (κ2) is 6.24. The summed E-state index contributed by atoms with van der Waals surface area (Å²) in [7, 11) is 0. The molecule has 0 heterocycles. The van der Waals surface area contributed by atoms with Gasteiger partial charge in [0.15, 0.2) is 0 Å². The first kappa shape index (κ1) is 13.5. The predicted molar refractivity (Wildman–Crippen MR) is 69.0 cm³/mol. The molecule has 0 aliphatic heterocycles. The van der Waals surface area contributed by atoms with Gasteiger partial charge in [-0.3, -0.25) is 0 Å². The Morgan fingerprint density at radius 3 is 2.62 bits per heavy atom. The van der Waals surface area contributed by atoms with Crippen molar-refractivity contribution in [2.75, 3.05) is 6.54 Å².